The first kappa shape index (κ1) is 31.3. The number of anilines is 1. The summed E-state index contributed by atoms with van der Waals surface area (Å²) in [5.41, 5.74) is 2.38. The van der Waals surface area contributed by atoms with Gasteiger partial charge in [0.15, 0.2) is 0 Å². The molecule has 2 aromatic rings. The molecule has 1 aromatic heterocycles. The smallest absolute Gasteiger partial charge is 0.336 e. The Morgan fingerprint density at radius 3 is 2.64 bits per heavy atom. The van der Waals surface area contributed by atoms with Crippen LogP contribution in [0.5, 0.6) is 0 Å². The number of fused-ring (bicyclic) bond motifs is 6. The van der Waals surface area contributed by atoms with Gasteiger partial charge in [0.25, 0.3) is 0 Å². The molecule has 4 fully saturated rings. The number of carbonyl (C=O) groups is 2. The summed E-state index contributed by atoms with van der Waals surface area (Å²) in [7, 11) is 4.06. The van der Waals surface area contributed by atoms with E-state index in [1.165, 1.54) is 31.7 Å². The Morgan fingerprint density at radius 2 is 1.82 bits per heavy atom. The lowest BCUT2D eigenvalue weighted by Gasteiger charge is -2.60. The van der Waals surface area contributed by atoms with Crippen molar-refractivity contribution in [3.05, 3.63) is 40.2 Å². The van der Waals surface area contributed by atoms with E-state index in [9.17, 15) is 14.4 Å². The minimum atomic E-state index is -0.384. The minimum absolute atomic E-state index is 0.0721. The van der Waals surface area contributed by atoms with E-state index in [4.69, 9.17) is 9.15 Å². The number of nitrogens with one attached hydrogen (secondary N) is 2. The van der Waals surface area contributed by atoms with E-state index in [0.717, 1.165) is 67.7 Å². The maximum atomic E-state index is 12.9. The van der Waals surface area contributed by atoms with Crippen LogP contribution < -0.4 is 16.3 Å². The Balaban J connectivity index is 1.01. The number of likely N-dealkylation sites (N-methyl/N-ethyl adjacent to an activating group) is 1. The molecule has 4 aliphatic carbocycles. The third kappa shape index (κ3) is 6.09. The fraction of sp³-hybridized carbons (Fsp3) is 0.694. The third-order valence-corrected chi connectivity index (χ3v) is 12.2. The second-order valence-electron chi connectivity index (χ2n) is 15.0. The summed E-state index contributed by atoms with van der Waals surface area (Å²) in [5.74, 6) is 3.02. The lowest BCUT2D eigenvalue weighted by Crippen LogP contribution is -2.54. The molecule has 8 nitrogen and oxygen atoms in total. The summed E-state index contributed by atoms with van der Waals surface area (Å²) in [4.78, 5) is 39.5. The SMILES string of the molecule is CN(C)CCNc1ccc2c(CCNC(=O)CO[C@H]3CC[C@H]4[C@@H]5CC[C@H]6CC(=O)CC[C@]6(C)[C@H]5CC[C@]34C)cc(=O)oc2c1. The lowest BCUT2D eigenvalue weighted by atomic mass is 9.45. The zero-order valence-corrected chi connectivity index (χ0v) is 27.1. The van der Waals surface area contributed by atoms with Gasteiger partial charge in [-0.05, 0) is 118 Å². The van der Waals surface area contributed by atoms with Crippen LogP contribution in [-0.4, -0.2) is 63.0 Å². The van der Waals surface area contributed by atoms with Gasteiger partial charge in [-0.3, -0.25) is 9.59 Å². The van der Waals surface area contributed by atoms with Crippen molar-refractivity contribution in [2.24, 2.45) is 34.5 Å². The molecule has 0 aliphatic heterocycles. The minimum Gasteiger partial charge on any atom is -0.423 e. The number of hydrogen-bond donors (Lipinski definition) is 2. The first-order valence-corrected chi connectivity index (χ1v) is 16.9. The monoisotopic (exact) mass is 605 g/mol. The Morgan fingerprint density at radius 1 is 1.00 bits per heavy atom. The maximum Gasteiger partial charge on any atom is 0.336 e. The highest BCUT2D eigenvalue weighted by atomic mass is 16.5. The fourth-order valence-corrected chi connectivity index (χ4v) is 9.81. The highest BCUT2D eigenvalue weighted by Gasteiger charge is 2.60. The summed E-state index contributed by atoms with van der Waals surface area (Å²) in [6, 6.07) is 7.37. The molecule has 7 atom stereocenters. The van der Waals surface area contributed by atoms with Crippen molar-refractivity contribution >= 4 is 28.3 Å². The number of carbonyl (C=O) groups excluding carboxylic acids is 2. The van der Waals surface area contributed by atoms with Crippen LogP contribution in [0.2, 0.25) is 0 Å². The van der Waals surface area contributed by atoms with E-state index >= 15 is 0 Å². The van der Waals surface area contributed by atoms with Gasteiger partial charge in [0.05, 0.1) is 6.10 Å². The van der Waals surface area contributed by atoms with E-state index in [1.807, 2.05) is 32.3 Å². The van der Waals surface area contributed by atoms with E-state index < -0.39 is 0 Å². The van der Waals surface area contributed by atoms with Crippen molar-refractivity contribution in [3.63, 3.8) is 0 Å². The van der Waals surface area contributed by atoms with Gasteiger partial charge in [-0.2, -0.15) is 0 Å². The normalized spacial score (nSPS) is 33.1. The van der Waals surface area contributed by atoms with Crippen molar-refractivity contribution in [2.75, 3.05) is 45.7 Å². The summed E-state index contributed by atoms with van der Waals surface area (Å²) >= 11 is 0. The summed E-state index contributed by atoms with van der Waals surface area (Å²) < 4.78 is 11.9. The van der Waals surface area contributed by atoms with Crippen molar-refractivity contribution < 1.29 is 18.7 Å². The molecule has 1 aromatic carbocycles. The molecule has 8 heteroatoms. The summed E-state index contributed by atoms with van der Waals surface area (Å²) in [6.45, 7) is 7.10. The van der Waals surface area contributed by atoms with E-state index in [2.05, 4.69) is 29.4 Å². The molecule has 240 valence electrons. The number of hydrogen-bond acceptors (Lipinski definition) is 7. The highest BCUT2D eigenvalue weighted by molar-refractivity contribution is 5.83. The molecular weight excluding hydrogens is 554 g/mol. The molecule has 44 heavy (non-hydrogen) atoms. The second kappa shape index (κ2) is 12.6. The van der Waals surface area contributed by atoms with Gasteiger partial charge in [0.1, 0.15) is 18.0 Å². The van der Waals surface area contributed by atoms with Crippen LogP contribution in [0.3, 0.4) is 0 Å². The number of nitrogens with zero attached hydrogens (tertiary/aromatic N) is 1. The number of benzene rings is 1. The molecule has 6 rings (SSSR count). The zero-order chi connectivity index (χ0) is 31.1. The van der Waals surface area contributed by atoms with Gasteiger partial charge in [-0.25, -0.2) is 4.79 Å². The number of amides is 1. The highest BCUT2D eigenvalue weighted by Crippen LogP contribution is 2.66. The molecular formula is C36H51N3O5. The average Bonchev–Trinajstić information content (AvgIpc) is 3.32. The zero-order valence-electron chi connectivity index (χ0n) is 27.1. The van der Waals surface area contributed by atoms with Crippen LogP contribution >= 0.6 is 0 Å². The second-order valence-corrected chi connectivity index (χ2v) is 15.0. The standard InChI is InChI=1S/C36H51N3O5/c1-35-14-11-26(40)20-24(35)5-7-28-29-9-10-32(36(29,2)15-12-30(28)35)43-22-33(41)38-16-13-23-19-34(42)44-31-21-25(6-8-27(23)31)37-17-18-39(3)4/h6,8,19,21,24,28-30,32,37H,5,7,9-18,20,22H2,1-4H3,(H,38,41)/t24-,28-,29-,30-,32-,35-,36-/m0/s1. The van der Waals surface area contributed by atoms with Gasteiger partial charge in [-0.1, -0.05) is 13.8 Å². The molecule has 0 bridgehead atoms. The molecule has 0 saturated heterocycles. The first-order chi connectivity index (χ1) is 21.1. The average molecular weight is 606 g/mol. The largest absolute Gasteiger partial charge is 0.423 e. The quantitative estimate of drug-likeness (QED) is 0.349. The van der Waals surface area contributed by atoms with Crippen molar-refractivity contribution in [3.8, 4) is 0 Å². The molecule has 1 amide bonds. The molecule has 0 spiro atoms. The van der Waals surface area contributed by atoms with Crippen molar-refractivity contribution in [1.29, 1.82) is 0 Å². The Hall–Kier alpha value is -2.71. The molecule has 4 aliphatic rings. The Labute approximate surface area is 261 Å². The van der Waals surface area contributed by atoms with E-state index in [-0.39, 0.29) is 29.7 Å². The van der Waals surface area contributed by atoms with Gasteiger partial charge in [0.2, 0.25) is 5.91 Å². The van der Waals surface area contributed by atoms with Gasteiger partial charge < -0.3 is 24.7 Å². The predicted octanol–water partition coefficient (Wildman–Crippen LogP) is 5.42. The van der Waals surface area contributed by atoms with E-state index in [1.54, 1.807) is 0 Å². The molecule has 4 saturated carbocycles. The van der Waals surface area contributed by atoms with Gasteiger partial charge >= 0.3 is 5.63 Å². The van der Waals surface area contributed by atoms with Gasteiger partial charge in [0, 0.05) is 55.7 Å². The number of Topliss-reactive ketones (excluding diaryl/α,β-unsaturated/α-hetero) is 1. The van der Waals surface area contributed by atoms with Crippen LogP contribution in [0.1, 0.15) is 77.2 Å². The Kier molecular flexibility index (Phi) is 8.95. The number of ketones is 1. The molecule has 1 heterocycles. The van der Waals surface area contributed by atoms with Crippen LogP contribution in [0.4, 0.5) is 5.69 Å². The summed E-state index contributed by atoms with van der Waals surface area (Å²) in [6.07, 6.45) is 10.3. The predicted molar refractivity (Wildman–Crippen MR) is 173 cm³/mol. The molecule has 0 radical (unpaired) electrons. The van der Waals surface area contributed by atoms with Crippen LogP contribution in [0.25, 0.3) is 11.0 Å². The van der Waals surface area contributed by atoms with E-state index in [0.29, 0.717) is 47.5 Å². The van der Waals surface area contributed by atoms with Crippen LogP contribution in [0, 0.1) is 34.5 Å². The Bertz CT molecular complexity index is 1440. The van der Waals surface area contributed by atoms with Crippen LogP contribution in [-0.2, 0) is 20.7 Å². The van der Waals surface area contributed by atoms with Gasteiger partial charge in [-0.15, -0.1) is 0 Å². The lowest BCUT2D eigenvalue weighted by molar-refractivity contribution is -0.148. The topological polar surface area (TPSA) is 101 Å². The number of ether oxygens (including phenoxy) is 1. The molecule has 0 unspecified atom stereocenters. The maximum absolute atomic E-state index is 12.9. The fourth-order valence-electron chi connectivity index (χ4n) is 9.81. The van der Waals surface area contributed by atoms with Crippen molar-refractivity contribution in [1.82, 2.24) is 10.2 Å². The van der Waals surface area contributed by atoms with Crippen molar-refractivity contribution in [2.45, 2.75) is 84.2 Å². The summed E-state index contributed by atoms with van der Waals surface area (Å²) in [5, 5.41) is 7.27. The molecule has 2 N–H and O–H groups in total. The first-order valence-electron chi connectivity index (χ1n) is 16.9. The number of rotatable bonds is 10. The van der Waals surface area contributed by atoms with Crippen LogP contribution in [0.15, 0.2) is 33.5 Å². The third-order valence-electron chi connectivity index (χ3n) is 12.2.